The van der Waals surface area contributed by atoms with Gasteiger partial charge in [-0.05, 0) is 49.7 Å². The second kappa shape index (κ2) is 11.2. The number of hydrogen-bond acceptors (Lipinski definition) is 2. The summed E-state index contributed by atoms with van der Waals surface area (Å²) in [6.07, 6.45) is 8.08. The lowest BCUT2D eigenvalue weighted by atomic mass is 9.82. The number of amides is 3. The number of urea groups is 1. The number of nitrogens with one attached hydrogen (secondary N) is 1. The molecule has 0 spiro atoms. The fourth-order valence-electron chi connectivity index (χ4n) is 4.09. The molecular weight excluding hydrogens is 428 g/mol. The number of hydrogen-bond donors (Lipinski definition) is 2. The Bertz CT molecular complexity index is 754. The molecule has 1 saturated heterocycles. The first kappa shape index (κ1) is 24.7. The number of benzene rings is 1. The van der Waals surface area contributed by atoms with Crippen molar-refractivity contribution in [2.24, 2.45) is 17.1 Å². The highest BCUT2D eigenvalue weighted by molar-refractivity contribution is 6.42. The van der Waals surface area contributed by atoms with Crippen LogP contribution < -0.4 is 11.1 Å². The third-order valence-corrected chi connectivity index (χ3v) is 6.94. The molecule has 2 fully saturated rings. The molecule has 1 aromatic rings. The SMILES string of the molecule is CC1(Cc2c(F)ccc(Cl)c2Cl)CCCC1.CN1CCCC[C@H](C(N)=O)CNC1=O. The van der Waals surface area contributed by atoms with Crippen LogP contribution >= 0.6 is 23.2 Å². The Morgan fingerprint density at radius 1 is 1.27 bits per heavy atom. The van der Waals surface area contributed by atoms with Gasteiger partial charge in [0, 0.05) is 25.7 Å². The van der Waals surface area contributed by atoms with Crippen LogP contribution in [0.4, 0.5) is 9.18 Å². The molecule has 1 aliphatic carbocycles. The van der Waals surface area contributed by atoms with Gasteiger partial charge >= 0.3 is 6.03 Å². The molecular formula is C22H32Cl2FN3O2. The van der Waals surface area contributed by atoms with Crippen molar-refractivity contribution < 1.29 is 14.0 Å². The molecule has 1 atom stereocenters. The maximum atomic E-state index is 13.7. The summed E-state index contributed by atoms with van der Waals surface area (Å²) in [5.41, 5.74) is 5.99. The molecule has 0 bridgehead atoms. The zero-order chi connectivity index (χ0) is 22.3. The molecule has 1 heterocycles. The van der Waals surface area contributed by atoms with Gasteiger partial charge in [-0.2, -0.15) is 0 Å². The van der Waals surface area contributed by atoms with Crippen LogP contribution in [0, 0.1) is 17.2 Å². The summed E-state index contributed by atoms with van der Waals surface area (Å²) in [6, 6.07) is 2.79. The van der Waals surface area contributed by atoms with Crippen LogP contribution in [0.15, 0.2) is 12.1 Å². The van der Waals surface area contributed by atoms with E-state index in [2.05, 4.69) is 12.2 Å². The van der Waals surface area contributed by atoms with Crippen molar-refractivity contribution >= 4 is 35.1 Å². The van der Waals surface area contributed by atoms with E-state index in [4.69, 9.17) is 28.9 Å². The minimum Gasteiger partial charge on any atom is -0.369 e. The monoisotopic (exact) mass is 459 g/mol. The van der Waals surface area contributed by atoms with Crippen molar-refractivity contribution in [3.8, 4) is 0 Å². The highest BCUT2D eigenvalue weighted by Gasteiger charge is 2.30. The second-order valence-electron chi connectivity index (χ2n) is 8.72. The van der Waals surface area contributed by atoms with Crippen LogP contribution in [0.2, 0.25) is 10.0 Å². The number of nitrogens with zero attached hydrogens (tertiary/aromatic N) is 1. The van der Waals surface area contributed by atoms with Gasteiger partial charge in [-0.15, -0.1) is 0 Å². The Kier molecular flexibility index (Phi) is 9.23. The second-order valence-corrected chi connectivity index (χ2v) is 9.50. The standard InChI is InChI=1S/C13H15Cl2F.C9H17N3O2/c1-13(6-2-3-7-13)8-9-11(16)5-4-10(14)12(9)15;1-12-5-3-2-4-7(8(10)13)6-11-9(12)14/h4-5H,2-3,6-8H2,1H3;7H,2-6H2,1H3,(H2,10,13)(H,11,14)/t;7-/m.0/s1. The lowest BCUT2D eigenvalue weighted by molar-refractivity contribution is -0.121. The summed E-state index contributed by atoms with van der Waals surface area (Å²) in [5, 5.41) is 3.52. The molecule has 1 saturated carbocycles. The number of carbonyl (C=O) groups excluding carboxylic acids is 2. The number of halogens is 3. The first-order chi connectivity index (χ1) is 14.1. The Morgan fingerprint density at radius 2 is 1.93 bits per heavy atom. The minimum atomic E-state index is -0.324. The van der Waals surface area contributed by atoms with Gasteiger partial charge in [-0.3, -0.25) is 4.79 Å². The van der Waals surface area contributed by atoms with Gasteiger partial charge in [-0.25, -0.2) is 9.18 Å². The predicted octanol–water partition coefficient (Wildman–Crippen LogP) is 5.17. The highest BCUT2D eigenvalue weighted by atomic mass is 35.5. The highest BCUT2D eigenvalue weighted by Crippen LogP contribution is 2.42. The molecule has 1 aliphatic heterocycles. The molecule has 0 unspecified atom stereocenters. The average Bonchev–Trinajstić information content (AvgIpc) is 3.15. The summed E-state index contributed by atoms with van der Waals surface area (Å²) in [6.45, 7) is 3.30. The van der Waals surface area contributed by atoms with Gasteiger partial charge in [0.05, 0.1) is 16.0 Å². The maximum absolute atomic E-state index is 13.7. The van der Waals surface area contributed by atoms with Crippen LogP contribution in [0.3, 0.4) is 0 Å². The molecule has 0 aromatic heterocycles. The summed E-state index contributed by atoms with van der Waals surface area (Å²) in [7, 11) is 1.75. The van der Waals surface area contributed by atoms with E-state index >= 15 is 0 Å². The first-order valence-corrected chi connectivity index (χ1v) is 11.3. The van der Waals surface area contributed by atoms with Crippen LogP contribution in [-0.4, -0.2) is 37.0 Å². The van der Waals surface area contributed by atoms with Crippen LogP contribution in [0.1, 0.15) is 57.4 Å². The topological polar surface area (TPSA) is 75.4 Å². The maximum Gasteiger partial charge on any atom is 0.317 e. The van der Waals surface area contributed by atoms with Crippen LogP contribution in [0.5, 0.6) is 0 Å². The zero-order valence-corrected chi connectivity index (χ0v) is 19.3. The average molecular weight is 460 g/mol. The largest absolute Gasteiger partial charge is 0.369 e. The number of rotatable bonds is 3. The zero-order valence-electron chi connectivity index (χ0n) is 17.8. The van der Waals surface area contributed by atoms with Gasteiger partial charge < -0.3 is 16.0 Å². The normalized spacial score (nSPS) is 21.6. The lowest BCUT2D eigenvalue weighted by Crippen LogP contribution is -2.41. The first-order valence-electron chi connectivity index (χ1n) is 10.5. The lowest BCUT2D eigenvalue weighted by Gasteiger charge is -2.24. The van der Waals surface area contributed by atoms with E-state index in [1.807, 2.05) is 0 Å². The van der Waals surface area contributed by atoms with Crippen molar-refractivity contribution in [2.75, 3.05) is 20.1 Å². The van der Waals surface area contributed by atoms with Gasteiger partial charge in [0.2, 0.25) is 5.91 Å². The summed E-state index contributed by atoms with van der Waals surface area (Å²) in [4.78, 5) is 24.0. The summed E-state index contributed by atoms with van der Waals surface area (Å²) >= 11 is 12.0. The van der Waals surface area contributed by atoms with E-state index in [-0.39, 0.29) is 29.1 Å². The minimum absolute atomic E-state index is 0.127. The molecule has 0 radical (unpaired) electrons. The van der Waals surface area contributed by atoms with E-state index < -0.39 is 0 Å². The van der Waals surface area contributed by atoms with E-state index in [0.29, 0.717) is 28.6 Å². The summed E-state index contributed by atoms with van der Waals surface area (Å²) in [5.74, 6) is -0.775. The number of primary amides is 1. The van der Waals surface area contributed by atoms with Crippen molar-refractivity contribution in [3.05, 3.63) is 33.6 Å². The van der Waals surface area contributed by atoms with Gasteiger partial charge in [0.25, 0.3) is 0 Å². The molecule has 2 aliphatic rings. The smallest absolute Gasteiger partial charge is 0.317 e. The molecule has 3 N–H and O–H groups in total. The molecule has 5 nitrogen and oxygen atoms in total. The van der Waals surface area contributed by atoms with E-state index in [1.54, 1.807) is 11.9 Å². The third-order valence-electron chi connectivity index (χ3n) is 6.10. The van der Waals surface area contributed by atoms with E-state index in [0.717, 1.165) is 38.6 Å². The van der Waals surface area contributed by atoms with Gasteiger partial charge in [0.1, 0.15) is 5.82 Å². The number of carbonyl (C=O) groups is 2. The molecule has 3 amide bonds. The predicted molar refractivity (Wildman–Crippen MR) is 119 cm³/mol. The number of nitrogens with two attached hydrogens (primary N) is 1. The van der Waals surface area contributed by atoms with Gasteiger partial charge in [0.15, 0.2) is 0 Å². The van der Waals surface area contributed by atoms with Crippen molar-refractivity contribution in [2.45, 2.75) is 58.3 Å². The fourth-order valence-corrected chi connectivity index (χ4v) is 4.49. The Hall–Kier alpha value is -1.53. The summed E-state index contributed by atoms with van der Waals surface area (Å²) < 4.78 is 13.7. The fraction of sp³-hybridized carbons (Fsp3) is 0.636. The third kappa shape index (κ3) is 7.02. The molecule has 1 aromatic carbocycles. The van der Waals surface area contributed by atoms with Crippen molar-refractivity contribution in [3.63, 3.8) is 0 Å². The molecule has 30 heavy (non-hydrogen) atoms. The quantitative estimate of drug-likeness (QED) is 0.611. The van der Waals surface area contributed by atoms with Crippen molar-refractivity contribution in [1.82, 2.24) is 10.2 Å². The van der Waals surface area contributed by atoms with Crippen LogP contribution in [-0.2, 0) is 11.2 Å². The molecule has 168 valence electrons. The Morgan fingerprint density at radius 3 is 2.57 bits per heavy atom. The van der Waals surface area contributed by atoms with Gasteiger partial charge in [-0.1, -0.05) is 49.4 Å². The van der Waals surface area contributed by atoms with Crippen molar-refractivity contribution in [1.29, 1.82) is 0 Å². The van der Waals surface area contributed by atoms with E-state index in [9.17, 15) is 14.0 Å². The van der Waals surface area contributed by atoms with Crippen LogP contribution in [0.25, 0.3) is 0 Å². The molecule has 3 rings (SSSR count). The van der Waals surface area contributed by atoms with E-state index in [1.165, 1.54) is 25.0 Å². The Balaban J connectivity index is 0.000000216. The Labute approximate surface area is 188 Å². The molecule has 8 heteroatoms.